The quantitative estimate of drug-likeness (QED) is 0.0954. The van der Waals surface area contributed by atoms with E-state index < -0.39 is 0 Å². The third kappa shape index (κ3) is 15.7. The van der Waals surface area contributed by atoms with Crippen LogP contribution in [0.1, 0.15) is 0 Å². The van der Waals surface area contributed by atoms with Gasteiger partial charge in [-0.05, 0) is 303 Å². The van der Waals surface area contributed by atoms with Gasteiger partial charge in [0.2, 0.25) is 0 Å². The van der Waals surface area contributed by atoms with Crippen LogP contribution in [0, 0.1) is 0 Å². The SMILES string of the molecule is c1ccc(N(c2ccc(-c3ccc4ccccc4c3)cc2)c2ccc3c(c2)oc2cccc(-c4cccc5ccc6ccccc6c45)c23)cc1.c1ccc(N(c2ccc(-c3ccc4ccccc4c3)cc2)c2cccc3c2oc2cccc(-c4cccc5ccc6ccccc6c45)c23)cc1.c1ccc(N(c2ccc(-c3ccc4ccccc4c3)cc2)c2cccc3oc4cccc(-c5cccc6ccc7ccccc7c56)c4c23)cc1. The Labute approximate surface area is 866 Å². The average molecular weight is 1910 g/mol. The lowest BCUT2D eigenvalue weighted by Gasteiger charge is -2.26. The van der Waals surface area contributed by atoms with E-state index in [1.807, 2.05) is 0 Å². The Morgan fingerprint density at radius 2 is 0.387 bits per heavy atom. The smallest absolute Gasteiger partial charge is 0.159 e. The first-order chi connectivity index (χ1) is 74.4. The van der Waals surface area contributed by atoms with Gasteiger partial charge in [-0.25, -0.2) is 0 Å². The van der Waals surface area contributed by atoms with Crippen molar-refractivity contribution in [1.82, 2.24) is 0 Å². The second-order valence-corrected chi connectivity index (χ2v) is 38.7. The number of furan rings is 3. The van der Waals surface area contributed by atoms with Crippen LogP contribution in [0.25, 0.3) is 230 Å². The number of para-hydroxylation sites is 4. The number of anilines is 9. The van der Waals surface area contributed by atoms with Crippen LogP contribution >= 0.6 is 0 Å². The van der Waals surface area contributed by atoms with Gasteiger partial charge in [-0.1, -0.05) is 419 Å². The zero-order valence-electron chi connectivity index (χ0n) is 81.8. The van der Waals surface area contributed by atoms with Crippen molar-refractivity contribution in [3.8, 4) is 66.8 Å². The predicted molar refractivity (Wildman–Crippen MR) is 635 cm³/mol. The molecule has 0 aliphatic carbocycles. The summed E-state index contributed by atoms with van der Waals surface area (Å²) in [6, 6.07) is 202. The first-order valence-electron chi connectivity index (χ1n) is 51.3. The predicted octanol–water partition coefficient (Wildman–Crippen LogP) is 41.5. The number of nitrogens with zero attached hydrogens (tertiary/aromatic N) is 3. The number of rotatable bonds is 15. The maximum atomic E-state index is 6.86. The van der Waals surface area contributed by atoms with E-state index in [1.165, 1.54) is 158 Å². The highest BCUT2D eigenvalue weighted by molar-refractivity contribution is 6.26. The van der Waals surface area contributed by atoms with Crippen molar-refractivity contribution in [2.24, 2.45) is 0 Å². The minimum Gasteiger partial charge on any atom is -0.456 e. The molecule has 0 N–H and O–H groups in total. The minimum atomic E-state index is 0.863. The third-order valence-corrected chi connectivity index (χ3v) is 30.1. The number of hydrogen-bond donors (Lipinski definition) is 0. The molecule has 0 saturated carbocycles. The summed E-state index contributed by atoms with van der Waals surface area (Å²) in [5.41, 5.74) is 29.1. The maximum Gasteiger partial charge on any atom is 0.159 e. The van der Waals surface area contributed by atoms with Crippen molar-refractivity contribution in [3.63, 3.8) is 0 Å². The van der Waals surface area contributed by atoms with Crippen LogP contribution in [0.2, 0.25) is 0 Å². The van der Waals surface area contributed by atoms with Gasteiger partial charge in [0.1, 0.15) is 27.9 Å². The lowest BCUT2D eigenvalue weighted by molar-refractivity contribution is 0.668. The van der Waals surface area contributed by atoms with E-state index in [1.54, 1.807) is 0 Å². The molecular formula is C144H93N3O3. The van der Waals surface area contributed by atoms with Crippen molar-refractivity contribution >= 4 is 214 Å². The fraction of sp³-hybridized carbons (Fsp3) is 0. The molecular weight excluding hydrogens is 1820 g/mol. The standard InChI is InChI=1S/3C48H31NO/c1-2-15-38(16-3-1)49(39-29-27-33(28-30-39)37-26-23-32-11-4-5-13-36(32)31-37)44-21-9-20-43-47-42(19-10-22-45(47)50-48(43)44)41-18-8-14-35-25-24-34-12-6-7-17-40(34)46(35)41;1-2-15-38(16-3-1)49(39-29-27-33(28-30-39)37-26-23-32-11-4-5-13-36(32)31-37)43-20-10-22-45-48(43)47-42(19-9-21-44(47)50-45)41-18-8-14-35-25-24-34-12-6-7-17-40(34)46(35)41;1-2-14-38(15-3-1)49(39-26-24-33(25-27-39)37-23-20-32-10-4-5-12-36(32)30-37)40-28-29-44-46(31-40)50-45-19-9-18-43(48(44)45)42-17-8-13-35-22-21-34-11-6-7-16-41(34)47(35)42/h3*1-31H. The Balaban J connectivity index is 0.000000108. The van der Waals surface area contributed by atoms with Crippen molar-refractivity contribution < 1.29 is 13.3 Å². The number of benzene rings is 27. The van der Waals surface area contributed by atoms with Crippen LogP contribution in [0.15, 0.2) is 577 Å². The Morgan fingerprint density at radius 3 is 0.820 bits per heavy atom. The van der Waals surface area contributed by atoms with E-state index in [2.05, 4.69) is 579 Å². The molecule has 150 heavy (non-hydrogen) atoms. The van der Waals surface area contributed by atoms with Crippen molar-refractivity contribution in [2.75, 3.05) is 14.7 Å². The highest BCUT2D eigenvalue weighted by Crippen LogP contribution is 2.53. The van der Waals surface area contributed by atoms with Crippen LogP contribution in [0.4, 0.5) is 51.2 Å². The molecule has 3 aromatic heterocycles. The number of fused-ring (bicyclic) bond motifs is 21. The highest BCUT2D eigenvalue weighted by Gasteiger charge is 2.28. The summed E-state index contributed by atoms with van der Waals surface area (Å²) in [5, 5.41) is 29.1. The molecule has 30 rings (SSSR count). The molecule has 0 bridgehead atoms. The Kier molecular flexibility index (Phi) is 21.9. The summed E-state index contributed by atoms with van der Waals surface area (Å²) in [7, 11) is 0. The molecule has 0 amide bonds. The molecule has 0 radical (unpaired) electrons. The summed E-state index contributed by atoms with van der Waals surface area (Å²) in [5.74, 6) is 0. The van der Waals surface area contributed by atoms with Gasteiger partial charge in [0.25, 0.3) is 0 Å². The molecule has 0 aliphatic heterocycles. The summed E-state index contributed by atoms with van der Waals surface area (Å²) < 4.78 is 20.2. The van der Waals surface area contributed by atoms with E-state index in [-0.39, 0.29) is 0 Å². The molecule has 6 nitrogen and oxygen atoms in total. The Hall–Kier alpha value is -19.9. The van der Waals surface area contributed by atoms with Gasteiger partial charge < -0.3 is 28.0 Å². The molecule has 3 heterocycles. The summed E-state index contributed by atoms with van der Waals surface area (Å²) in [6.45, 7) is 0. The second kappa shape index (κ2) is 37.4. The zero-order chi connectivity index (χ0) is 99.1. The van der Waals surface area contributed by atoms with Gasteiger partial charge in [-0.2, -0.15) is 0 Å². The summed E-state index contributed by atoms with van der Waals surface area (Å²) in [6.07, 6.45) is 0. The van der Waals surface area contributed by atoms with E-state index in [4.69, 9.17) is 13.3 Å². The minimum absolute atomic E-state index is 0.863. The van der Waals surface area contributed by atoms with Gasteiger partial charge in [0.15, 0.2) is 5.58 Å². The van der Waals surface area contributed by atoms with Crippen LogP contribution in [0.5, 0.6) is 0 Å². The van der Waals surface area contributed by atoms with E-state index in [0.717, 1.165) is 123 Å². The van der Waals surface area contributed by atoms with Gasteiger partial charge in [-0.3, -0.25) is 0 Å². The third-order valence-electron chi connectivity index (χ3n) is 30.1. The van der Waals surface area contributed by atoms with Crippen molar-refractivity contribution in [3.05, 3.63) is 564 Å². The molecule has 702 valence electrons. The van der Waals surface area contributed by atoms with E-state index >= 15 is 0 Å². The lowest BCUT2D eigenvalue weighted by atomic mass is 9.91. The van der Waals surface area contributed by atoms with E-state index in [9.17, 15) is 0 Å². The van der Waals surface area contributed by atoms with E-state index in [0.29, 0.717) is 0 Å². The highest BCUT2D eigenvalue weighted by atomic mass is 16.3. The van der Waals surface area contributed by atoms with Crippen molar-refractivity contribution in [1.29, 1.82) is 0 Å². The zero-order valence-corrected chi connectivity index (χ0v) is 81.8. The monoisotopic (exact) mass is 1910 g/mol. The normalized spacial score (nSPS) is 11.6. The Bertz CT molecular complexity index is 10500. The molecule has 30 aromatic rings. The van der Waals surface area contributed by atoms with Gasteiger partial charge in [0.05, 0.1) is 16.8 Å². The van der Waals surface area contributed by atoms with Gasteiger partial charge >= 0.3 is 0 Å². The average Bonchev–Trinajstić information content (AvgIpc) is 1.54. The Morgan fingerprint density at radius 1 is 0.120 bits per heavy atom. The topological polar surface area (TPSA) is 49.1 Å². The lowest BCUT2D eigenvalue weighted by Crippen LogP contribution is -2.10. The maximum absolute atomic E-state index is 6.86. The van der Waals surface area contributed by atoms with Crippen LogP contribution in [0.3, 0.4) is 0 Å². The van der Waals surface area contributed by atoms with Crippen LogP contribution in [-0.4, -0.2) is 0 Å². The fourth-order valence-corrected chi connectivity index (χ4v) is 23.1. The fourth-order valence-electron chi connectivity index (χ4n) is 23.1. The molecule has 27 aromatic carbocycles. The first kappa shape index (κ1) is 87.8. The summed E-state index contributed by atoms with van der Waals surface area (Å²) >= 11 is 0. The molecule has 0 atom stereocenters. The molecule has 0 saturated heterocycles. The van der Waals surface area contributed by atoms with Crippen LogP contribution < -0.4 is 14.7 Å². The molecule has 0 unspecified atom stereocenters. The number of hydrogen-bond acceptors (Lipinski definition) is 6. The largest absolute Gasteiger partial charge is 0.456 e. The van der Waals surface area contributed by atoms with Gasteiger partial charge in [0, 0.05) is 72.8 Å². The summed E-state index contributed by atoms with van der Waals surface area (Å²) in [4.78, 5) is 6.96. The molecule has 6 heteroatoms. The molecule has 0 spiro atoms. The van der Waals surface area contributed by atoms with Crippen molar-refractivity contribution in [2.45, 2.75) is 0 Å². The molecule has 0 fully saturated rings. The van der Waals surface area contributed by atoms with Crippen LogP contribution in [-0.2, 0) is 0 Å². The van der Waals surface area contributed by atoms with Gasteiger partial charge in [-0.15, -0.1) is 0 Å². The first-order valence-corrected chi connectivity index (χ1v) is 51.3. The second-order valence-electron chi connectivity index (χ2n) is 38.7. The molecule has 0 aliphatic rings.